The van der Waals surface area contributed by atoms with E-state index in [2.05, 4.69) is 15.3 Å². The van der Waals surface area contributed by atoms with Crippen molar-refractivity contribution < 1.29 is 9.90 Å². The molecule has 0 saturated heterocycles. The molecule has 0 bridgehead atoms. The third-order valence-electron chi connectivity index (χ3n) is 2.89. The van der Waals surface area contributed by atoms with E-state index in [-0.39, 0.29) is 5.69 Å². The highest BCUT2D eigenvalue weighted by Crippen LogP contribution is 2.24. The smallest absolute Gasteiger partial charge is 0.358 e. The van der Waals surface area contributed by atoms with Crippen LogP contribution in [0.15, 0.2) is 35.8 Å². The predicted molar refractivity (Wildman–Crippen MR) is 78.0 cm³/mol. The predicted octanol–water partition coefficient (Wildman–Crippen LogP) is 1.73. The van der Waals surface area contributed by atoms with E-state index >= 15 is 0 Å². The summed E-state index contributed by atoms with van der Waals surface area (Å²) in [6, 6.07) is 6.92. The second kappa shape index (κ2) is 5.33. The van der Waals surface area contributed by atoms with E-state index in [0.29, 0.717) is 23.5 Å². The summed E-state index contributed by atoms with van der Waals surface area (Å²) in [5.74, 6) is -1.12. The van der Waals surface area contributed by atoms with Gasteiger partial charge in [-0.1, -0.05) is 17.3 Å². The molecule has 0 saturated carbocycles. The number of anilines is 1. The van der Waals surface area contributed by atoms with Gasteiger partial charge in [-0.05, 0) is 12.1 Å². The van der Waals surface area contributed by atoms with Gasteiger partial charge < -0.3 is 10.8 Å². The molecule has 106 valence electrons. The minimum Gasteiger partial charge on any atom is -0.476 e. The lowest BCUT2D eigenvalue weighted by atomic mass is 10.1. The van der Waals surface area contributed by atoms with Crippen molar-refractivity contribution in [3.8, 4) is 11.3 Å². The Bertz CT molecular complexity index is 764. The molecule has 0 fully saturated rings. The summed E-state index contributed by atoms with van der Waals surface area (Å²) >= 11 is 1.47. The van der Waals surface area contributed by atoms with Crippen molar-refractivity contribution in [1.82, 2.24) is 20.0 Å². The Morgan fingerprint density at radius 2 is 2.10 bits per heavy atom. The Kier molecular flexibility index (Phi) is 3.36. The number of rotatable bonds is 4. The summed E-state index contributed by atoms with van der Waals surface area (Å²) in [7, 11) is 0. The van der Waals surface area contributed by atoms with E-state index in [1.807, 2.05) is 5.38 Å². The van der Waals surface area contributed by atoms with Crippen molar-refractivity contribution in [3.63, 3.8) is 0 Å². The van der Waals surface area contributed by atoms with E-state index in [0.717, 1.165) is 5.01 Å². The maximum Gasteiger partial charge on any atom is 0.358 e. The van der Waals surface area contributed by atoms with Crippen molar-refractivity contribution in [2.24, 2.45) is 0 Å². The van der Waals surface area contributed by atoms with Gasteiger partial charge in [0.05, 0.1) is 6.54 Å². The molecule has 0 aliphatic rings. The Balaban J connectivity index is 2.08. The summed E-state index contributed by atoms with van der Waals surface area (Å²) in [5.41, 5.74) is 7.32. The Labute approximate surface area is 123 Å². The number of carboxylic acids is 1. The number of hydrogen-bond acceptors (Lipinski definition) is 6. The lowest BCUT2D eigenvalue weighted by Crippen LogP contribution is -2.06. The first kappa shape index (κ1) is 13.3. The maximum atomic E-state index is 11.3. The van der Waals surface area contributed by atoms with Crippen LogP contribution in [0.2, 0.25) is 0 Å². The Morgan fingerprint density at radius 1 is 1.33 bits per heavy atom. The molecule has 1 aromatic carbocycles. The molecule has 0 unspecified atom stereocenters. The average Bonchev–Trinajstić information content (AvgIpc) is 3.10. The van der Waals surface area contributed by atoms with Crippen molar-refractivity contribution in [2.45, 2.75) is 6.54 Å². The van der Waals surface area contributed by atoms with Gasteiger partial charge in [-0.2, -0.15) is 0 Å². The molecule has 0 radical (unpaired) electrons. The van der Waals surface area contributed by atoms with Crippen LogP contribution in [0, 0.1) is 0 Å². The fourth-order valence-electron chi connectivity index (χ4n) is 1.95. The minimum atomic E-state index is -1.12. The Morgan fingerprint density at radius 3 is 2.71 bits per heavy atom. The van der Waals surface area contributed by atoms with E-state index < -0.39 is 5.97 Å². The van der Waals surface area contributed by atoms with Crippen molar-refractivity contribution in [3.05, 3.63) is 46.5 Å². The third kappa shape index (κ3) is 2.61. The van der Waals surface area contributed by atoms with Crippen LogP contribution in [0.4, 0.5) is 5.69 Å². The first-order chi connectivity index (χ1) is 10.1. The van der Waals surface area contributed by atoms with Crippen LogP contribution >= 0.6 is 11.3 Å². The Hall–Kier alpha value is -2.74. The molecular formula is C13H11N5O2S. The number of aromatic carboxylic acids is 1. The number of nitrogen functional groups attached to an aromatic ring is 1. The van der Waals surface area contributed by atoms with Crippen LogP contribution < -0.4 is 5.73 Å². The lowest BCUT2D eigenvalue weighted by Gasteiger charge is -2.06. The van der Waals surface area contributed by atoms with Gasteiger partial charge in [0.15, 0.2) is 5.69 Å². The molecule has 2 aromatic heterocycles. The van der Waals surface area contributed by atoms with Crippen LogP contribution in [-0.2, 0) is 6.54 Å². The van der Waals surface area contributed by atoms with Crippen molar-refractivity contribution in [1.29, 1.82) is 0 Å². The molecule has 0 aliphatic carbocycles. The number of nitrogens with zero attached hydrogens (tertiary/aromatic N) is 4. The van der Waals surface area contributed by atoms with Crippen molar-refractivity contribution in [2.75, 3.05) is 5.73 Å². The third-order valence-corrected chi connectivity index (χ3v) is 3.65. The molecule has 0 aliphatic heterocycles. The number of nitrogens with two attached hydrogens (primary N) is 1. The standard InChI is InChI=1S/C13H11N5O2S/c14-9-3-1-8(2-4-9)12-11(13(19)20)16-17-18(12)7-10-15-5-6-21-10/h1-6H,7,14H2,(H,19,20). The number of hydrogen-bond donors (Lipinski definition) is 2. The van der Waals surface area contributed by atoms with Gasteiger partial charge in [0.2, 0.25) is 0 Å². The first-order valence-electron chi connectivity index (χ1n) is 6.06. The quantitative estimate of drug-likeness (QED) is 0.711. The topological polar surface area (TPSA) is 107 Å². The van der Waals surface area contributed by atoms with Gasteiger partial charge in [0.1, 0.15) is 10.7 Å². The van der Waals surface area contributed by atoms with Gasteiger partial charge in [0.25, 0.3) is 0 Å². The van der Waals surface area contributed by atoms with Crippen LogP contribution in [0.25, 0.3) is 11.3 Å². The van der Waals surface area contributed by atoms with Gasteiger partial charge in [-0.25, -0.2) is 14.5 Å². The molecular weight excluding hydrogens is 290 g/mol. The molecule has 3 aromatic rings. The van der Waals surface area contributed by atoms with Crippen LogP contribution in [0.3, 0.4) is 0 Å². The number of aromatic nitrogens is 4. The fourth-order valence-corrected chi connectivity index (χ4v) is 2.55. The van der Waals surface area contributed by atoms with E-state index in [1.54, 1.807) is 30.5 Å². The molecule has 3 rings (SSSR count). The second-order valence-corrected chi connectivity index (χ2v) is 5.28. The highest BCUT2D eigenvalue weighted by Gasteiger charge is 2.21. The largest absolute Gasteiger partial charge is 0.476 e. The van der Waals surface area contributed by atoms with Gasteiger partial charge >= 0.3 is 5.97 Å². The summed E-state index contributed by atoms with van der Waals surface area (Å²) in [4.78, 5) is 15.5. The summed E-state index contributed by atoms with van der Waals surface area (Å²) in [6.45, 7) is 0.373. The van der Waals surface area contributed by atoms with Gasteiger partial charge in [-0.15, -0.1) is 16.4 Å². The molecule has 8 heteroatoms. The summed E-state index contributed by atoms with van der Waals surface area (Å²) < 4.78 is 1.54. The lowest BCUT2D eigenvalue weighted by molar-refractivity contribution is 0.0691. The molecule has 0 amide bonds. The summed E-state index contributed by atoms with van der Waals surface area (Å²) in [5, 5.41) is 19.6. The highest BCUT2D eigenvalue weighted by atomic mass is 32.1. The molecule has 3 N–H and O–H groups in total. The molecule has 7 nitrogen and oxygen atoms in total. The molecule has 2 heterocycles. The van der Waals surface area contributed by atoms with Crippen LogP contribution in [-0.4, -0.2) is 31.1 Å². The van der Waals surface area contributed by atoms with E-state index in [9.17, 15) is 9.90 Å². The monoisotopic (exact) mass is 301 g/mol. The van der Waals surface area contributed by atoms with Gasteiger partial charge in [-0.3, -0.25) is 0 Å². The van der Waals surface area contributed by atoms with Crippen LogP contribution in [0.1, 0.15) is 15.5 Å². The zero-order chi connectivity index (χ0) is 14.8. The maximum absolute atomic E-state index is 11.3. The first-order valence-corrected chi connectivity index (χ1v) is 6.94. The molecule has 21 heavy (non-hydrogen) atoms. The molecule has 0 spiro atoms. The zero-order valence-electron chi connectivity index (χ0n) is 10.8. The number of benzene rings is 1. The van der Waals surface area contributed by atoms with E-state index in [4.69, 9.17) is 5.73 Å². The minimum absolute atomic E-state index is 0.0867. The highest BCUT2D eigenvalue weighted by molar-refractivity contribution is 7.09. The fraction of sp³-hybridized carbons (Fsp3) is 0.0769. The van der Waals surface area contributed by atoms with Crippen molar-refractivity contribution >= 4 is 23.0 Å². The number of carboxylic acid groups (broad SMARTS) is 1. The SMILES string of the molecule is Nc1ccc(-c2c(C(=O)O)nnn2Cc2nccs2)cc1. The summed E-state index contributed by atoms with van der Waals surface area (Å²) in [6.07, 6.45) is 1.69. The number of thiazole rings is 1. The molecule has 0 atom stereocenters. The van der Waals surface area contributed by atoms with E-state index in [1.165, 1.54) is 16.0 Å². The zero-order valence-corrected chi connectivity index (χ0v) is 11.6. The number of carbonyl (C=O) groups is 1. The second-order valence-electron chi connectivity index (χ2n) is 4.30. The van der Waals surface area contributed by atoms with Crippen LogP contribution in [0.5, 0.6) is 0 Å². The van der Waals surface area contributed by atoms with Gasteiger partial charge in [0, 0.05) is 22.8 Å². The average molecular weight is 301 g/mol. The normalized spacial score (nSPS) is 10.7.